The largest absolute Gasteiger partial charge is 0.739 e. The fourth-order valence-corrected chi connectivity index (χ4v) is 3.25. The van der Waals surface area contributed by atoms with Crippen LogP contribution in [-0.4, -0.2) is 58.0 Å². The maximum atomic E-state index is 10.7. The molecule has 1 aliphatic heterocycles. The van der Waals surface area contributed by atoms with Gasteiger partial charge in [-0.2, -0.15) is 0 Å². The van der Waals surface area contributed by atoms with Crippen molar-refractivity contribution in [2.45, 2.75) is 31.1 Å². The van der Waals surface area contributed by atoms with Crippen molar-refractivity contribution < 1.29 is 33.8 Å². The van der Waals surface area contributed by atoms with Gasteiger partial charge in [0.05, 0.1) is 12.4 Å². The third-order valence-electron chi connectivity index (χ3n) is 3.35. The van der Waals surface area contributed by atoms with E-state index in [0.29, 0.717) is 11.2 Å². The SMILES string of the molecule is Nc1ncnc2c1ncn2[C@H]1C[C@H](O)[C@@H](C(O)O[S+]=P([O-])(O)O)O1. The molecule has 1 aliphatic rings. The first-order valence-electron chi connectivity index (χ1n) is 6.61. The van der Waals surface area contributed by atoms with Crippen molar-refractivity contribution in [2.75, 3.05) is 5.73 Å². The zero-order valence-corrected chi connectivity index (χ0v) is 13.6. The molecular formula is C10H14N5O7PS. The Hall–Kier alpha value is -1.28. The number of imidazole rings is 1. The van der Waals surface area contributed by atoms with Crippen molar-refractivity contribution in [2.24, 2.45) is 0 Å². The number of rotatable bonds is 4. The van der Waals surface area contributed by atoms with Crippen LogP contribution in [0.2, 0.25) is 0 Å². The number of ether oxygens (including phenoxy) is 1. The molecule has 0 bridgehead atoms. The molecule has 0 aromatic carbocycles. The minimum atomic E-state index is -4.53. The number of anilines is 1. The van der Waals surface area contributed by atoms with E-state index < -0.39 is 31.4 Å². The number of nitrogens with zero attached hydrogens (tertiary/aromatic N) is 4. The summed E-state index contributed by atoms with van der Waals surface area (Å²) in [5.74, 6) is 0.190. The summed E-state index contributed by atoms with van der Waals surface area (Å²) in [6.07, 6.45) is -2.04. The van der Waals surface area contributed by atoms with Crippen molar-refractivity contribution in [3.05, 3.63) is 12.7 Å². The van der Waals surface area contributed by atoms with Crippen LogP contribution in [0.25, 0.3) is 11.2 Å². The molecule has 0 radical (unpaired) electrons. The molecule has 3 heterocycles. The Balaban J connectivity index is 1.79. The first kappa shape index (κ1) is 17.5. The van der Waals surface area contributed by atoms with Gasteiger partial charge in [-0.05, 0) is 0 Å². The lowest BCUT2D eigenvalue weighted by Crippen LogP contribution is -2.35. The van der Waals surface area contributed by atoms with Crippen molar-refractivity contribution in [3.63, 3.8) is 0 Å². The molecule has 0 saturated carbocycles. The van der Waals surface area contributed by atoms with Gasteiger partial charge in [0, 0.05) is 6.42 Å². The van der Waals surface area contributed by atoms with E-state index in [1.165, 1.54) is 17.2 Å². The number of aliphatic hydroxyl groups is 2. The summed E-state index contributed by atoms with van der Waals surface area (Å²) in [6.45, 7) is -4.53. The standard InChI is InChI=1S/C10H14N5O7PS/c11-8-6-9(13-2-12-8)15(3-14-6)5-1-4(16)7(21-5)10(17)22-24-23(18,19)20/h2-5,7,10,16-17H,1H2,(H4-,11,12,13,18,19,20)/t4-,5+,7-,10?/m0/s1. The van der Waals surface area contributed by atoms with Crippen LogP contribution in [0.5, 0.6) is 0 Å². The normalized spacial score (nSPS) is 26.0. The molecule has 1 unspecified atom stereocenters. The van der Waals surface area contributed by atoms with Crippen LogP contribution in [0, 0.1) is 0 Å². The highest BCUT2D eigenvalue weighted by Gasteiger charge is 2.42. The molecule has 2 aromatic heterocycles. The molecule has 2 aromatic rings. The first-order chi connectivity index (χ1) is 11.3. The second-order valence-corrected chi connectivity index (χ2v) is 8.19. The highest BCUT2D eigenvalue weighted by atomic mass is 32.5. The smallest absolute Gasteiger partial charge is 0.402 e. The van der Waals surface area contributed by atoms with Crippen molar-refractivity contribution in [3.8, 4) is 0 Å². The molecule has 0 aliphatic carbocycles. The van der Waals surface area contributed by atoms with Crippen molar-refractivity contribution in [1.29, 1.82) is 0 Å². The van der Waals surface area contributed by atoms with Gasteiger partial charge in [0.1, 0.15) is 24.2 Å². The number of hydrogen-bond donors (Lipinski definition) is 5. The van der Waals surface area contributed by atoms with Crippen molar-refractivity contribution in [1.82, 2.24) is 19.5 Å². The van der Waals surface area contributed by atoms with E-state index in [9.17, 15) is 15.1 Å². The van der Waals surface area contributed by atoms with E-state index in [4.69, 9.17) is 20.3 Å². The maximum Gasteiger partial charge on any atom is 0.402 e. The zero-order chi connectivity index (χ0) is 17.5. The fourth-order valence-electron chi connectivity index (χ4n) is 2.34. The molecule has 0 spiro atoms. The highest BCUT2D eigenvalue weighted by molar-refractivity contribution is 8.13. The highest BCUT2D eigenvalue weighted by Crippen LogP contribution is 2.34. The average molecular weight is 379 g/mol. The van der Waals surface area contributed by atoms with E-state index in [0.717, 1.165) is 0 Å². The summed E-state index contributed by atoms with van der Waals surface area (Å²) in [4.78, 5) is 40.1. The van der Waals surface area contributed by atoms with Gasteiger partial charge in [0.25, 0.3) is 0 Å². The van der Waals surface area contributed by atoms with Gasteiger partial charge in [-0.15, -0.1) is 0 Å². The Morgan fingerprint density at radius 3 is 2.92 bits per heavy atom. The van der Waals surface area contributed by atoms with Crippen LogP contribution in [-0.2, 0) is 20.1 Å². The van der Waals surface area contributed by atoms with E-state index in [-0.39, 0.29) is 23.5 Å². The third-order valence-corrected chi connectivity index (χ3v) is 4.67. The maximum absolute atomic E-state index is 10.7. The summed E-state index contributed by atoms with van der Waals surface area (Å²) in [6, 6.07) is 0. The molecule has 14 heteroatoms. The summed E-state index contributed by atoms with van der Waals surface area (Å²) in [5.41, 5.74) is 6.46. The molecule has 12 nitrogen and oxygen atoms in total. The van der Waals surface area contributed by atoms with E-state index >= 15 is 0 Å². The lowest BCUT2D eigenvalue weighted by Gasteiger charge is -2.16. The lowest BCUT2D eigenvalue weighted by atomic mass is 10.2. The Bertz CT molecular complexity index is 789. The summed E-state index contributed by atoms with van der Waals surface area (Å²) in [7, 11) is 0. The molecule has 1 saturated heterocycles. The van der Waals surface area contributed by atoms with Crippen LogP contribution >= 0.6 is 6.72 Å². The lowest BCUT2D eigenvalue weighted by molar-refractivity contribution is -0.197. The predicted molar refractivity (Wildman–Crippen MR) is 80.1 cm³/mol. The van der Waals surface area contributed by atoms with Gasteiger partial charge >= 0.3 is 17.9 Å². The monoisotopic (exact) mass is 379 g/mol. The number of hydrogen-bond acceptors (Lipinski definition) is 9. The fraction of sp³-hybridized carbons (Fsp3) is 0.500. The number of aromatic nitrogens is 4. The second-order valence-electron chi connectivity index (χ2n) is 4.99. The van der Waals surface area contributed by atoms with Gasteiger partial charge in [-0.1, -0.05) is 4.18 Å². The average Bonchev–Trinajstić information content (AvgIpc) is 3.08. The minimum Gasteiger partial charge on any atom is -0.739 e. The van der Waals surface area contributed by atoms with Gasteiger partial charge in [-0.25, -0.2) is 15.0 Å². The second kappa shape index (κ2) is 6.55. The van der Waals surface area contributed by atoms with Gasteiger partial charge in [0.2, 0.25) is 6.29 Å². The van der Waals surface area contributed by atoms with Crippen molar-refractivity contribution >= 4 is 34.9 Å². The molecule has 24 heavy (non-hydrogen) atoms. The topological polar surface area (TPSA) is 192 Å². The molecule has 4 atom stereocenters. The Morgan fingerprint density at radius 2 is 2.21 bits per heavy atom. The van der Waals surface area contributed by atoms with Crippen LogP contribution < -0.4 is 10.6 Å². The molecule has 132 valence electrons. The predicted octanol–water partition coefficient (Wildman–Crippen LogP) is -2.59. The number of aliphatic hydroxyl groups excluding tert-OH is 2. The third kappa shape index (κ3) is 3.54. The van der Waals surface area contributed by atoms with Crippen LogP contribution in [0.1, 0.15) is 12.6 Å². The zero-order valence-electron chi connectivity index (χ0n) is 11.9. The Morgan fingerprint density at radius 1 is 1.46 bits per heavy atom. The van der Waals surface area contributed by atoms with E-state index in [1.54, 1.807) is 0 Å². The number of nitrogen functional groups attached to an aromatic ring is 1. The van der Waals surface area contributed by atoms with E-state index in [2.05, 4.69) is 19.1 Å². The number of fused-ring (bicyclic) bond motifs is 1. The Kier molecular flexibility index (Phi) is 4.79. The quantitative estimate of drug-likeness (QED) is 0.162. The van der Waals surface area contributed by atoms with Gasteiger partial charge in [0.15, 0.2) is 11.5 Å². The van der Waals surface area contributed by atoms with E-state index in [1.807, 2.05) is 0 Å². The molecule has 6 N–H and O–H groups in total. The van der Waals surface area contributed by atoms with Gasteiger partial charge < -0.3 is 35.4 Å². The van der Waals surface area contributed by atoms with Crippen LogP contribution in [0.3, 0.4) is 0 Å². The molecule has 1 fully saturated rings. The van der Waals surface area contributed by atoms with Gasteiger partial charge in [-0.3, -0.25) is 4.57 Å². The summed E-state index contributed by atoms with van der Waals surface area (Å²) >= 11 is -0.197. The number of nitrogens with two attached hydrogens (primary N) is 1. The first-order valence-corrected chi connectivity index (χ1v) is 9.57. The molecule has 0 amide bonds. The summed E-state index contributed by atoms with van der Waals surface area (Å²) in [5, 5.41) is 19.8. The Labute approximate surface area is 138 Å². The van der Waals surface area contributed by atoms with Crippen LogP contribution in [0.4, 0.5) is 5.82 Å². The molecular weight excluding hydrogens is 365 g/mol. The summed E-state index contributed by atoms with van der Waals surface area (Å²) < 4.78 is 11.6. The van der Waals surface area contributed by atoms with Crippen LogP contribution in [0.15, 0.2) is 12.7 Å². The minimum absolute atomic E-state index is 0.0844. The molecule has 3 rings (SSSR count).